The van der Waals surface area contributed by atoms with E-state index in [1.807, 2.05) is 13.8 Å². The van der Waals surface area contributed by atoms with Gasteiger partial charge in [0.1, 0.15) is 0 Å². The summed E-state index contributed by atoms with van der Waals surface area (Å²) < 4.78 is 0. The van der Waals surface area contributed by atoms with Crippen molar-refractivity contribution in [2.45, 2.75) is 65.2 Å². The Balaban J connectivity index is 1.88. The van der Waals surface area contributed by atoms with Crippen LogP contribution in [-0.2, 0) is 4.79 Å². The van der Waals surface area contributed by atoms with Crippen LogP contribution in [0.2, 0.25) is 0 Å². The number of hydrogen-bond acceptors (Lipinski definition) is 3. The number of carbonyl (C=O) groups excluding carboxylic acids is 2. The van der Waals surface area contributed by atoms with Crippen LogP contribution >= 0.6 is 0 Å². The highest BCUT2D eigenvalue weighted by Gasteiger charge is 2.09. The molecule has 2 N–H and O–H groups in total. The molecular formula is C20H29N3O2. The summed E-state index contributed by atoms with van der Waals surface area (Å²) in [6, 6.07) is 6.91. The van der Waals surface area contributed by atoms with Gasteiger partial charge in [-0.2, -0.15) is 5.10 Å². The molecule has 5 heteroatoms. The van der Waals surface area contributed by atoms with Gasteiger partial charge in [-0.05, 0) is 55.9 Å². The van der Waals surface area contributed by atoms with E-state index < -0.39 is 0 Å². The Hall–Kier alpha value is -2.17. The molecule has 1 saturated carbocycles. The highest BCUT2D eigenvalue weighted by Crippen LogP contribution is 2.15. The molecule has 0 aliphatic heterocycles. The summed E-state index contributed by atoms with van der Waals surface area (Å²) in [5.74, 6) is 0.0925. The van der Waals surface area contributed by atoms with Crippen molar-refractivity contribution in [2.24, 2.45) is 11.0 Å². The summed E-state index contributed by atoms with van der Waals surface area (Å²) in [5.41, 5.74) is 4.99. The van der Waals surface area contributed by atoms with E-state index >= 15 is 0 Å². The van der Waals surface area contributed by atoms with Crippen LogP contribution < -0.4 is 10.7 Å². The molecule has 136 valence electrons. The predicted octanol–water partition coefficient (Wildman–Crippen LogP) is 4.50. The average Bonchev–Trinajstić information content (AvgIpc) is 2.53. The number of anilines is 1. The van der Waals surface area contributed by atoms with Crippen LogP contribution in [0.15, 0.2) is 29.4 Å². The lowest BCUT2D eigenvalue weighted by Gasteiger charge is -2.11. The Morgan fingerprint density at radius 3 is 2.20 bits per heavy atom. The first-order chi connectivity index (χ1) is 12.0. The topological polar surface area (TPSA) is 70.6 Å². The molecule has 1 aromatic rings. The van der Waals surface area contributed by atoms with Crippen molar-refractivity contribution in [1.82, 2.24) is 5.43 Å². The van der Waals surface area contributed by atoms with Gasteiger partial charge in [-0.15, -0.1) is 0 Å². The molecule has 1 fully saturated rings. The van der Waals surface area contributed by atoms with Crippen molar-refractivity contribution in [1.29, 1.82) is 0 Å². The van der Waals surface area contributed by atoms with E-state index in [2.05, 4.69) is 15.8 Å². The molecule has 0 aromatic heterocycles. The van der Waals surface area contributed by atoms with Gasteiger partial charge in [0.25, 0.3) is 5.91 Å². The predicted molar refractivity (Wildman–Crippen MR) is 102 cm³/mol. The zero-order valence-electron chi connectivity index (χ0n) is 15.3. The fraction of sp³-hybridized carbons (Fsp3) is 0.550. The first kappa shape index (κ1) is 19.2. The summed E-state index contributed by atoms with van der Waals surface area (Å²) in [6.45, 7) is 4.01. The third-order valence-corrected chi connectivity index (χ3v) is 4.27. The number of carbonyl (C=O) groups is 2. The Morgan fingerprint density at radius 2 is 1.60 bits per heavy atom. The lowest BCUT2D eigenvalue weighted by molar-refractivity contribution is -0.116. The number of rotatable bonds is 5. The summed E-state index contributed by atoms with van der Waals surface area (Å²) in [5, 5.41) is 7.15. The van der Waals surface area contributed by atoms with Crippen LogP contribution in [0.4, 0.5) is 5.69 Å². The van der Waals surface area contributed by atoms with E-state index in [1.54, 1.807) is 24.3 Å². The molecule has 2 rings (SSSR count). The van der Waals surface area contributed by atoms with Gasteiger partial charge in [0.15, 0.2) is 0 Å². The number of nitrogens with one attached hydrogen (secondary N) is 2. The van der Waals surface area contributed by atoms with E-state index in [-0.39, 0.29) is 11.8 Å². The standard InChI is InChI=1S/C20H29N3O2/c1-15(2)14-19(24)21-17-12-10-16(11-13-17)20(25)23-22-18-8-6-4-3-5-7-9-18/h10-13,15H,3-9,14H2,1-2H3,(H,21,24)(H,23,25). The lowest BCUT2D eigenvalue weighted by Crippen LogP contribution is -2.20. The second-order valence-corrected chi connectivity index (χ2v) is 7.11. The minimum absolute atomic E-state index is 0.0112. The van der Waals surface area contributed by atoms with Crippen LogP contribution in [0.25, 0.3) is 0 Å². The maximum Gasteiger partial charge on any atom is 0.271 e. The largest absolute Gasteiger partial charge is 0.326 e. The second-order valence-electron chi connectivity index (χ2n) is 7.11. The molecule has 5 nitrogen and oxygen atoms in total. The fourth-order valence-corrected chi connectivity index (χ4v) is 2.91. The number of hydrazone groups is 1. The Kier molecular flexibility index (Phi) is 7.64. The third kappa shape index (κ3) is 7.08. The molecule has 1 aromatic carbocycles. The molecule has 1 aliphatic carbocycles. The van der Waals surface area contributed by atoms with Crippen molar-refractivity contribution in [3.05, 3.63) is 29.8 Å². The smallest absolute Gasteiger partial charge is 0.271 e. The molecule has 0 bridgehead atoms. The Morgan fingerprint density at radius 1 is 1.00 bits per heavy atom. The molecule has 0 saturated heterocycles. The molecule has 0 unspecified atom stereocenters. The maximum atomic E-state index is 12.2. The van der Waals surface area contributed by atoms with Gasteiger partial charge in [0.2, 0.25) is 5.91 Å². The molecule has 0 heterocycles. The number of benzene rings is 1. The van der Waals surface area contributed by atoms with Crippen LogP contribution in [0.3, 0.4) is 0 Å². The van der Waals surface area contributed by atoms with Crippen molar-refractivity contribution in [3.63, 3.8) is 0 Å². The highest BCUT2D eigenvalue weighted by atomic mass is 16.2. The van der Waals surface area contributed by atoms with Crippen molar-refractivity contribution in [3.8, 4) is 0 Å². The number of nitrogens with zero attached hydrogens (tertiary/aromatic N) is 1. The van der Waals surface area contributed by atoms with Crippen molar-refractivity contribution < 1.29 is 9.59 Å². The van der Waals surface area contributed by atoms with Gasteiger partial charge in [0, 0.05) is 23.4 Å². The van der Waals surface area contributed by atoms with E-state index in [1.165, 1.54) is 19.3 Å². The monoisotopic (exact) mass is 343 g/mol. The fourth-order valence-electron chi connectivity index (χ4n) is 2.91. The SMILES string of the molecule is CC(C)CC(=O)Nc1ccc(C(=O)NN=C2CCCCCCC2)cc1. The van der Waals surface area contributed by atoms with Crippen LogP contribution in [-0.4, -0.2) is 17.5 Å². The minimum atomic E-state index is -0.213. The van der Waals surface area contributed by atoms with Gasteiger partial charge >= 0.3 is 0 Å². The average molecular weight is 343 g/mol. The van der Waals surface area contributed by atoms with Gasteiger partial charge in [0.05, 0.1) is 0 Å². The summed E-state index contributed by atoms with van der Waals surface area (Å²) in [4.78, 5) is 24.0. The molecule has 0 radical (unpaired) electrons. The summed E-state index contributed by atoms with van der Waals surface area (Å²) in [7, 11) is 0. The molecule has 2 amide bonds. The van der Waals surface area contributed by atoms with E-state index in [0.29, 0.717) is 23.6 Å². The normalized spacial score (nSPS) is 15.2. The highest BCUT2D eigenvalue weighted by molar-refractivity contribution is 5.96. The van der Waals surface area contributed by atoms with Crippen LogP contribution in [0.5, 0.6) is 0 Å². The van der Waals surface area contributed by atoms with Gasteiger partial charge < -0.3 is 5.32 Å². The van der Waals surface area contributed by atoms with Crippen molar-refractivity contribution >= 4 is 23.2 Å². The van der Waals surface area contributed by atoms with E-state index in [4.69, 9.17) is 0 Å². The number of hydrogen-bond donors (Lipinski definition) is 2. The lowest BCUT2D eigenvalue weighted by atomic mass is 9.99. The molecule has 25 heavy (non-hydrogen) atoms. The molecular weight excluding hydrogens is 314 g/mol. The quantitative estimate of drug-likeness (QED) is 0.773. The van der Waals surface area contributed by atoms with Gasteiger partial charge in [-0.25, -0.2) is 5.43 Å². The minimum Gasteiger partial charge on any atom is -0.326 e. The zero-order chi connectivity index (χ0) is 18.1. The first-order valence-electron chi connectivity index (χ1n) is 9.30. The van der Waals surface area contributed by atoms with Gasteiger partial charge in [-0.1, -0.05) is 33.1 Å². The van der Waals surface area contributed by atoms with E-state index in [0.717, 1.165) is 31.4 Å². The van der Waals surface area contributed by atoms with E-state index in [9.17, 15) is 9.59 Å². The molecule has 0 spiro atoms. The summed E-state index contributed by atoms with van der Waals surface area (Å²) in [6.07, 6.45) is 8.54. The van der Waals surface area contributed by atoms with Crippen LogP contribution in [0.1, 0.15) is 75.6 Å². The Bertz CT molecular complexity index is 596. The van der Waals surface area contributed by atoms with Crippen LogP contribution in [0, 0.1) is 5.92 Å². The third-order valence-electron chi connectivity index (χ3n) is 4.27. The molecule has 0 atom stereocenters. The first-order valence-corrected chi connectivity index (χ1v) is 9.30. The Labute approximate surface area is 150 Å². The van der Waals surface area contributed by atoms with Crippen molar-refractivity contribution in [2.75, 3.05) is 5.32 Å². The van der Waals surface area contributed by atoms with Gasteiger partial charge in [-0.3, -0.25) is 9.59 Å². The number of amides is 2. The molecule has 1 aliphatic rings. The summed E-state index contributed by atoms with van der Waals surface area (Å²) >= 11 is 0. The zero-order valence-corrected chi connectivity index (χ0v) is 15.3. The second kappa shape index (κ2) is 9.97. The maximum absolute atomic E-state index is 12.2.